The molecule has 0 unspecified atom stereocenters. The van der Waals surface area contributed by atoms with Crippen LogP contribution < -0.4 is 4.72 Å². The summed E-state index contributed by atoms with van der Waals surface area (Å²) in [4.78, 5) is 16.8. The molecule has 0 aliphatic heterocycles. The van der Waals surface area contributed by atoms with Crippen LogP contribution in [-0.2, 0) is 16.1 Å². The molecule has 0 radical (unpaired) electrons. The highest BCUT2D eigenvalue weighted by Gasteiger charge is 2.09. The van der Waals surface area contributed by atoms with E-state index in [1.807, 2.05) is 35.8 Å². The topological polar surface area (TPSA) is 56.1 Å². The smallest absolute Gasteiger partial charge is 0.320 e. The molecule has 0 aliphatic carbocycles. The summed E-state index contributed by atoms with van der Waals surface area (Å²) in [5.74, 6) is 1.14. The highest BCUT2D eigenvalue weighted by Crippen LogP contribution is 2.20. The van der Waals surface area contributed by atoms with Gasteiger partial charge in [0.25, 0.3) is 0 Å². The van der Waals surface area contributed by atoms with E-state index in [2.05, 4.69) is 44.3 Å². The van der Waals surface area contributed by atoms with Gasteiger partial charge in [-0.3, -0.25) is 4.79 Å². The molecule has 0 bridgehead atoms. The lowest BCUT2D eigenvalue weighted by Crippen LogP contribution is -2.19. The van der Waals surface area contributed by atoms with E-state index in [1.54, 1.807) is 13.0 Å². The molecule has 1 N–H and O–H groups in total. The lowest BCUT2D eigenvalue weighted by Gasteiger charge is -2.09. The molecule has 2 aromatic carbocycles. The highest BCUT2D eigenvalue weighted by molar-refractivity contribution is 7.97. The van der Waals surface area contributed by atoms with Gasteiger partial charge in [-0.2, -0.15) is 0 Å². The highest BCUT2D eigenvalue weighted by atomic mass is 32.2. The number of rotatable bonds is 7. The van der Waals surface area contributed by atoms with Crippen LogP contribution in [0.15, 0.2) is 47.4 Å². The van der Waals surface area contributed by atoms with E-state index in [1.165, 1.54) is 30.5 Å². The number of nitrogens with one attached hydrogen (secondary N) is 1. The van der Waals surface area contributed by atoms with E-state index in [4.69, 9.17) is 4.74 Å². The van der Waals surface area contributed by atoms with Gasteiger partial charge in [0, 0.05) is 11.4 Å². The van der Waals surface area contributed by atoms with Crippen molar-refractivity contribution in [2.75, 3.05) is 13.2 Å². The van der Waals surface area contributed by atoms with Gasteiger partial charge in [-0.15, -0.1) is 0 Å². The molecule has 7 heteroatoms. The lowest BCUT2D eigenvalue weighted by atomic mass is 10.2. The third-order valence-electron chi connectivity index (χ3n) is 3.88. The Morgan fingerprint density at radius 3 is 2.30 bits per heavy atom. The molecule has 0 saturated carbocycles. The first-order chi connectivity index (χ1) is 15.7. The van der Waals surface area contributed by atoms with Crippen molar-refractivity contribution >= 4 is 29.0 Å². The second-order valence-electron chi connectivity index (χ2n) is 8.19. The fraction of sp³-hybridized carbons (Fsp3) is 0.462. The Kier molecular flexibility index (Phi) is 13.4. The van der Waals surface area contributed by atoms with Gasteiger partial charge < -0.3 is 9.30 Å². The maximum Gasteiger partial charge on any atom is 0.320 e. The van der Waals surface area contributed by atoms with E-state index >= 15 is 0 Å². The zero-order valence-electron chi connectivity index (χ0n) is 20.9. The molecule has 3 rings (SSSR count). The van der Waals surface area contributed by atoms with Crippen LogP contribution >= 0.6 is 11.9 Å². The minimum absolute atomic E-state index is 0.159. The Balaban J connectivity index is 0.000000688. The zero-order valence-corrected chi connectivity index (χ0v) is 21.8. The second-order valence-corrected chi connectivity index (χ2v) is 9.15. The van der Waals surface area contributed by atoms with Crippen molar-refractivity contribution in [1.29, 1.82) is 0 Å². The monoisotopic (exact) mass is 475 g/mol. The van der Waals surface area contributed by atoms with Gasteiger partial charge in [-0.25, -0.2) is 14.1 Å². The molecular formula is C26H38FN3O2S. The van der Waals surface area contributed by atoms with Gasteiger partial charge in [0.05, 0.1) is 17.6 Å². The Bertz CT molecular complexity index is 969. The largest absolute Gasteiger partial charge is 0.465 e. The van der Waals surface area contributed by atoms with E-state index in [-0.39, 0.29) is 18.3 Å². The summed E-state index contributed by atoms with van der Waals surface area (Å²) in [5, 5.41) is 0. The first-order valence-corrected chi connectivity index (χ1v) is 12.3. The van der Waals surface area contributed by atoms with Gasteiger partial charge >= 0.3 is 5.97 Å². The van der Waals surface area contributed by atoms with Crippen LogP contribution in [0.3, 0.4) is 0 Å². The standard InChI is InChI=1S/C19H20FN3O2S.C4H10.C3H8/c1-3-25-19(24)11-21-26-16-7-4-14(5-8-16)12-23-13(2)22-17-9-6-15(20)10-18(17)23;1-4(2)3;1-3-2/h4-10,21H,3,11-12H2,1-2H3;4H,1-3H3;3H2,1-2H3. The predicted molar refractivity (Wildman–Crippen MR) is 137 cm³/mol. The summed E-state index contributed by atoms with van der Waals surface area (Å²) >= 11 is 1.38. The van der Waals surface area contributed by atoms with Crippen molar-refractivity contribution in [2.24, 2.45) is 5.92 Å². The normalized spacial score (nSPS) is 10.3. The van der Waals surface area contributed by atoms with Gasteiger partial charge in [0.1, 0.15) is 18.2 Å². The molecule has 0 atom stereocenters. The number of esters is 1. The number of aromatic nitrogens is 2. The molecule has 5 nitrogen and oxygen atoms in total. The molecule has 1 heterocycles. The maximum atomic E-state index is 13.6. The number of nitrogens with zero attached hydrogens (tertiary/aromatic N) is 2. The number of hydrogen-bond acceptors (Lipinski definition) is 5. The van der Waals surface area contributed by atoms with Crippen molar-refractivity contribution in [3.63, 3.8) is 0 Å². The number of ether oxygens (including phenoxy) is 1. The number of halogens is 1. The van der Waals surface area contributed by atoms with Crippen LogP contribution in [0.25, 0.3) is 11.0 Å². The minimum Gasteiger partial charge on any atom is -0.465 e. The summed E-state index contributed by atoms with van der Waals surface area (Å²) in [6.07, 6.45) is 1.25. The maximum absolute atomic E-state index is 13.6. The van der Waals surface area contributed by atoms with E-state index in [0.717, 1.165) is 33.2 Å². The Morgan fingerprint density at radius 1 is 1.12 bits per heavy atom. The second kappa shape index (κ2) is 15.5. The Morgan fingerprint density at radius 2 is 1.73 bits per heavy atom. The van der Waals surface area contributed by atoms with Crippen molar-refractivity contribution in [3.05, 3.63) is 59.7 Å². The van der Waals surface area contributed by atoms with Crippen molar-refractivity contribution < 1.29 is 13.9 Å². The van der Waals surface area contributed by atoms with Gasteiger partial charge in [0.2, 0.25) is 0 Å². The summed E-state index contributed by atoms with van der Waals surface area (Å²) in [6.45, 7) is 15.6. The van der Waals surface area contributed by atoms with Gasteiger partial charge in [-0.1, -0.05) is 53.2 Å². The predicted octanol–water partition coefficient (Wildman–Crippen LogP) is 6.77. The number of carbonyl (C=O) groups excluding carboxylic acids is 1. The number of imidazole rings is 1. The SMILES string of the molecule is CC(C)C.CCC.CCOC(=O)CNSc1ccc(Cn2c(C)nc3ccc(F)cc32)cc1. The molecular weight excluding hydrogens is 437 g/mol. The van der Waals surface area contributed by atoms with Gasteiger partial charge in [0.15, 0.2) is 0 Å². The van der Waals surface area contributed by atoms with Gasteiger partial charge in [-0.05, 0) is 67.6 Å². The molecule has 1 aromatic heterocycles. The van der Waals surface area contributed by atoms with Crippen molar-refractivity contribution in [1.82, 2.24) is 14.3 Å². The molecule has 0 aliphatic rings. The van der Waals surface area contributed by atoms with E-state index in [0.29, 0.717) is 13.2 Å². The molecule has 0 amide bonds. The molecule has 0 spiro atoms. The minimum atomic E-state index is -0.272. The summed E-state index contributed by atoms with van der Waals surface area (Å²) in [7, 11) is 0. The Hall–Kier alpha value is -2.38. The first-order valence-electron chi connectivity index (χ1n) is 11.5. The first kappa shape index (κ1) is 28.7. The van der Waals surface area contributed by atoms with Crippen LogP contribution in [-0.4, -0.2) is 28.7 Å². The zero-order chi connectivity index (χ0) is 24.8. The average Bonchev–Trinajstić information content (AvgIpc) is 3.04. The molecule has 33 heavy (non-hydrogen) atoms. The van der Waals surface area contributed by atoms with Crippen LogP contribution in [0, 0.1) is 18.7 Å². The van der Waals surface area contributed by atoms with Crippen LogP contribution in [0.5, 0.6) is 0 Å². The fourth-order valence-electron chi connectivity index (χ4n) is 2.65. The number of fused-ring (bicyclic) bond motifs is 1. The van der Waals surface area contributed by atoms with Crippen LogP contribution in [0.2, 0.25) is 0 Å². The van der Waals surface area contributed by atoms with Crippen molar-refractivity contribution in [2.45, 2.75) is 66.3 Å². The number of benzene rings is 2. The third kappa shape index (κ3) is 10.9. The molecule has 182 valence electrons. The summed E-state index contributed by atoms with van der Waals surface area (Å²) < 4.78 is 23.4. The molecule has 3 aromatic rings. The summed E-state index contributed by atoms with van der Waals surface area (Å²) in [6, 6.07) is 12.6. The van der Waals surface area contributed by atoms with Crippen LogP contribution in [0.1, 0.15) is 59.4 Å². The number of aryl methyl sites for hydroxylation is 1. The Labute approximate surface area is 202 Å². The third-order valence-corrected chi connectivity index (χ3v) is 4.67. The van der Waals surface area contributed by atoms with Crippen LogP contribution in [0.4, 0.5) is 4.39 Å². The lowest BCUT2D eigenvalue weighted by molar-refractivity contribution is -0.141. The summed E-state index contributed by atoms with van der Waals surface area (Å²) in [5.41, 5.74) is 2.67. The molecule has 0 fully saturated rings. The molecule has 0 saturated heterocycles. The van der Waals surface area contributed by atoms with Crippen molar-refractivity contribution in [3.8, 4) is 0 Å². The fourth-order valence-corrected chi connectivity index (χ4v) is 3.28. The quantitative estimate of drug-likeness (QED) is 0.302. The van der Waals surface area contributed by atoms with E-state index in [9.17, 15) is 9.18 Å². The number of carbonyl (C=O) groups is 1. The average molecular weight is 476 g/mol. The van der Waals surface area contributed by atoms with E-state index < -0.39 is 0 Å². The number of hydrogen-bond donors (Lipinski definition) is 1.